The van der Waals surface area contributed by atoms with Gasteiger partial charge in [-0.3, -0.25) is 28.8 Å². The quantitative estimate of drug-likeness (QED) is 0.183. The van der Waals surface area contributed by atoms with Crippen LogP contribution in [0.3, 0.4) is 0 Å². The molecule has 1 saturated heterocycles. The Morgan fingerprint density at radius 3 is 1.87 bits per heavy atom. The molecule has 0 aromatic heterocycles. The van der Waals surface area contributed by atoms with Crippen LogP contribution in [0.5, 0.6) is 0 Å². The van der Waals surface area contributed by atoms with E-state index in [-0.39, 0.29) is 30.8 Å². The highest BCUT2D eigenvalue weighted by Gasteiger charge is 2.49. The molecule has 14 nitrogen and oxygen atoms in total. The molecule has 1 heterocycles. The predicted molar refractivity (Wildman–Crippen MR) is 175 cm³/mol. The van der Waals surface area contributed by atoms with Gasteiger partial charge in [0, 0.05) is 12.6 Å². The topological polar surface area (TPSA) is 192 Å². The minimum absolute atomic E-state index is 0.0103. The van der Waals surface area contributed by atoms with Gasteiger partial charge < -0.3 is 36.2 Å². The lowest BCUT2D eigenvalue weighted by atomic mass is 9.82. The Bertz CT molecular complexity index is 1200. The zero-order chi connectivity index (χ0) is 36.0. The van der Waals surface area contributed by atoms with Crippen molar-refractivity contribution >= 4 is 41.4 Å². The molecule has 5 N–H and O–H groups in total. The number of amides is 6. The lowest BCUT2D eigenvalue weighted by Crippen LogP contribution is -2.63. The van der Waals surface area contributed by atoms with Crippen molar-refractivity contribution in [2.75, 3.05) is 13.7 Å². The summed E-state index contributed by atoms with van der Waals surface area (Å²) in [6.07, 6.45) is 1.65. The Morgan fingerprint density at radius 2 is 1.38 bits per heavy atom. The summed E-state index contributed by atoms with van der Waals surface area (Å²) in [7, 11) is 1.17. The Balaban J connectivity index is 2.32. The monoisotopic (exact) mass is 664 g/mol. The second kappa shape index (κ2) is 15.9. The first kappa shape index (κ1) is 39.5. The fourth-order valence-electron chi connectivity index (χ4n) is 5.53. The number of nitrogens with zero attached hydrogens (tertiary/aromatic N) is 1. The molecule has 2 fully saturated rings. The number of ether oxygens (including phenoxy) is 1. The van der Waals surface area contributed by atoms with E-state index in [1.165, 1.54) is 18.9 Å². The Hall–Kier alpha value is -3.71. The third-order valence-corrected chi connectivity index (χ3v) is 8.84. The average molecular weight is 665 g/mol. The van der Waals surface area contributed by atoms with Crippen LogP contribution in [0.15, 0.2) is 0 Å². The molecule has 0 radical (unpaired) electrons. The van der Waals surface area contributed by atoms with Crippen molar-refractivity contribution < 1.29 is 38.3 Å². The smallest absolute Gasteiger partial charge is 0.407 e. The molecule has 0 bridgehead atoms. The normalized spacial score (nSPS) is 22.2. The molecule has 2 aliphatic rings. The number of hydrogen-bond acceptors (Lipinski definition) is 8. The third-order valence-electron chi connectivity index (χ3n) is 8.84. The number of carbonyl (C=O) groups is 7. The zero-order valence-electron chi connectivity index (χ0n) is 29.9. The SMILES string of the molecule is CCC[C@H](NC(=O)[C@@H]1C(C)[C@@H](C)CN1C(=O)[C@@H](NC(=O)[C@@H](NC(=O)[C@@H](C)NC(=O)OC)C(C)(C)C)C(C)(C)C)C(=O)C(=O)NC1CC1. The Morgan fingerprint density at radius 1 is 0.830 bits per heavy atom. The molecule has 2 rings (SSSR count). The van der Waals surface area contributed by atoms with E-state index in [4.69, 9.17) is 0 Å². The fourth-order valence-corrected chi connectivity index (χ4v) is 5.53. The summed E-state index contributed by atoms with van der Waals surface area (Å²) in [6, 6.07) is -5.17. The molecule has 1 unspecified atom stereocenters. The maximum Gasteiger partial charge on any atom is 0.407 e. The Kier molecular flexibility index (Phi) is 13.4. The van der Waals surface area contributed by atoms with Crippen LogP contribution in [0.2, 0.25) is 0 Å². The molecule has 1 saturated carbocycles. The van der Waals surface area contributed by atoms with Gasteiger partial charge in [0.2, 0.25) is 29.4 Å². The number of Topliss-reactive ketones (excluding diaryl/α,β-unsaturated/α-hetero) is 1. The van der Waals surface area contributed by atoms with E-state index >= 15 is 0 Å². The van der Waals surface area contributed by atoms with E-state index in [1.807, 2.05) is 20.8 Å². The highest BCUT2D eigenvalue weighted by molar-refractivity contribution is 6.38. The van der Waals surface area contributed by atoms with Crippen molar-refractivity contribution in [3.8, 4) is 0 Å². The van der Waals surface area contributed by atoms with Crippen LogP contribution in [0, 0.1) is 22.7 Å². The molecule has 0 spiro atoms. The molecular formula is C33H56N6O8. The minimum atomic E-state index is -1.09. The van der Waals surface area contributed by atoms with E-state index in [9.17, 15) is 33.6 Å². The lowest BCUT2D eigenvalue weighted by molar-refractivity contribution is -0.146. The van der Waals surface area contributed by atoms with E-state index in [2.05, 4.69) is 31.3 Å². The van der Waals surface area contributed by atoms with Crippen molar-refractivity contribution in [1.29, 1.82) is 0 Å². The molecule has 1 aliphatic carbocycles. The number of likely N-dealkylation sites (tertiary alicyclic amines) is 1. The second-order valence-electron chi connectivity index (χ2n) is 15.2. The van der Waals surface area contributed by atoms with E-state index < -0.39 is 82.5 Å². The van der Waals surface area contributed by atoms with Crippen LogP contribution in [0.1, 0.15) is 94.9 Å². The number of rotatable bonds is 13. The van der Waals surface area contributed by atoms with E-state index in [1.54, 1.807) is 41.5 Å². The van der Waals surface area contributed by atoms with Gasteiger partial charge in [0.05, 0.1) is 13.2 Å². The number of hydrogen-bond donors (Lipinski definition) is 5. The fraction of sp³-hybridized carbons (Fsp3) is 0.788. The van der Waals surface area contributed by atoms with E-state index in [0.29, 0.717) is 6.42 Å². The molecule has 7 atom stereocenters. The molecular weight excluding hydrogens is 608 g/mol. The second-order valence-corrected chi connectivity index (χ2v) is 15.2. The lowest BCUT2D eigenvalue weighted by Gasteiger charge is -2.38. The van der Waals surface area contributed by atoms with Crippen LogP contribution in [0.4, 0.5) is 4.79 Å². The summed E-state index contributed by atoms with van der Waals surface area (Å²) in [5.41, 5.74) is -1.60. The number of methoxy groups -OCH3 is 1. The number of carbonyl (C=O) groups excluding carboxylic acids is 7. The van der Waals surface area contributed by atoms with Gasteiger partial charge in [0.15, 0.2) is 0 Å². The van der Waals surface area contributed by atoms with Crippen LogP contribution in [0.25, 0.3) is 0 Å². The van der Waals surface area contributed by atoms with Crippen LogP contribution >= 0.6 is 0 Å². The van der Waals surface area contributed by atoms with Crippen molar-refractivity contribution in [2.45, 2.75) is 131 Å². The van der Waals surface area contributed by atoms with Crippen molar-refractivity contribution in [1.82, 2.24) is 31.5 Å². The van der Waals surface area contributed by atoms with Gasteiger partial charge in [-0.05, 0) is 48.9 Å². The number of alkyl carbamates (subject to hydrolysis) is 1. The van der Waals surface area contributed by atoms with Crippen LogP contribution in [-0.4, -0.2) is 96.2 Å². The number of nitrogens with one attached hydrogen (secondary N) is 5. The van der Waals surface area contributed by atoms with Crippen molar-refractivity contribution in [2.24, 2.45) is 22.7 Å². The van der Waals surface area contributed by atoms with Crippen LogP contribution < -0.4 is 26.6 Å². The first-order valence-corrected chi connectivity index (χ1v) is 16.5. The van der Waals surface area contributed by atoms with E-state index in [0.717, 1.165) is 12.8 Å². The molecule has 47 heavy (non-hydrogen) atoms. The van der Waals surface area contributed by atoms with Gasteiger partial charge in [-0.15, -0.1) is 0 Å². The Labute approximate surface area is 278 Å². The number of ketones is 1. The summed E-state index contributed by atoms with van der Waals surface area (Å²) in [6.45, 7) is 18.0. The maximum atomic E-state index is 14.3. The summed E-state index contributed by atoms with van der Waals surface area (Å²) >= 11 is 0. The molecule has 6 amide bonds. The van der Waals surface area contributed by atoms with Crippen molar-refractivity contribution in [3.05, 3.63) is 0 Å². The standard InChI is InChI=1S/C33H56N6O8/c1-12-13-21(23(40)28(43)35-20-14-15-20)36-27(42)22-18(3)17(2)16-39(22)30(45)25(33(8,9)10)38-29(44)24(32(5,6)7)37-26(41)19(4)34-31(46)47-11/h17-22,24-25H,12-16H2,1-11H3,(H,34,46)(H,35,43)(H,36,42)(H,37,41)(H,38,44)/t17-,18?,19+,21-,22-,24+,25+/m0/s1. The zero-order valence-corrected chi connectivity index (χ0v) is 29.9. The largest absolute Gasteiger partial charge is 0.453 e. The summed E-state index contributed by atoms with van der Waals surface area (Å²) in [5, 5.41) is 13.3. The average Bonchev–Trinajstić information content (AvgIpc) is 3.73. The van der Waals surface area contributed by atoms with Gasteiger partial charge >= 0.3 is 6.09 Å². The maximum absolute atomic E-state index is 14.3. The molecule has 0 aromatic carbocycles. The molecule has 0 aromatic rings. The minimum Gasteiger partial charge on any atom is -0.453 e. The van der Waals surface area contributed by atoms with Crippen LogP contribution in [-0.2, 0) is 33.5 Å². The van der Waals surface area contributed by atoms with Crippen molar-refractivity contribution in [3.63, 3.8) is 0 Å². The first-order chi connectivity index (χ1) is 21.6. The highest BCUT2D eigenvalue weighted by Crippen LogP contribution is 2.33. The van der Waals surface area contributed by atoms with Gasteiger partial charge in [-0.25, -0.2) is 4.79 Å². The van der Waals surface area contributed by atoms with Gasteiger partial charge in [0.1, 0.15) is 24.2 Å². The summed E-state index contributed by atoms with van der Waals surface area (Å²) < 4.78 is 4.55. The molecule has 1 aliphatic heterocycles. The summed E-state index contributed by atoms with van der Waals surface area (Å²) in [5.74, 6) is -4.04. The van der Waals surface area contributed by atoms with Gasteiger partial charge in [-0.2, -0.15) is 0 Å². The third kappa shape index (κ3) is 10.6. The first-order valence-electron chi connectivity index (χ1n) is 16.5. The summed E-state index contributed by atoms with van der Waals surface area (Å²) in [4.78, 5) is 93.5. The molecule has 14 heteroatoms. The van der Waals surface area contributed by atoms with Gasteiger partial charge in [0.25, 0.3) is 5.91 Å². The van der Waals surface area contributed by atoms with Gasteiger partial charge in [-0.1, -0.05) is 68.7 Å². The highest BCUT2D eigenvalue weighted by atomic mass is 16.5. The molecule has 266 valence electrons. The predicted octanol–water partition coefficient (Wildman–Crippen LogP) is 1.41.